The highest BCUT2D eigenvalue weighted by Gasteiger charge is 2.28. The summed E-state index contributed by atoms with van der Waals surface area (Å²) in [7, 11) is 0. The first-order valence-corrected chi connectivity index (χ1v) is 7.77. The number of benzene rings is 1. The smallest absolute Gasteiger partial charge is 0.0879 e. The third-order valence-corrected chi connectivity index (χ3v) is 5.01. The van der Waals surface area contributed by atoms with Gasteiger partial charge in [0.15, 0.2) is 0 Å². The molecule has 1 atom stereocenters. The summed E-state index contributed by atoms with van der Waals surface area (Å²) in [5.74, 6) is 2.60. The molecule has 1 unspecified atom stereocenters. The summed E-state index contributed by atoms with van der Waals surface area (Å²) in [4.78, 5) is 0. The maximum Gasteiger partial charge on any atom is 0.0879 e. The Kier molecular flexibility index (Phi) is 4.76. The Balaban J connectivity index is 1.77. The SMILES string of the molecule is C/C(=C/OCCC1(C)CCSC1)c1ccccc1. The predicted molar refractivity (Wildman–Crippen MR) is 80.7 cm³/mol. The molecule has 2 rings (SSSR count). The molecule has 0 N–H and O–H groups in total. The fourth-order valence-corrected chi connectivity index (χ4v) is 3.73. The summed E-state index contributed by atoms with van der Waals surface area (Å²) < 4.78 is 5.71. The molecule has 1 nitrogen and oxygen atoms in total. The van der Waals surface area contributed by atoms with E-state index in [9.17, 15) is 0 Å². The molecular weight excluding hydrogens is 240 g/mol. The number of rotatable bonds is 5. The fraction of sp³-hybridized carbons (Fsp3) is 0.500. The van der Waals surface area contributed by atoms with Crippen LogP contribution < -0.4 is 0 Å². The second-order valence-corrected chi connectivity index (χ2v) is 6.51. The zero-order chi connectivity index (χ0) is 12.8. The third kappa shape index (κ3) is 3.81. The van der Waals surface area contributed by atoms with Crippen LogP contribution in [0.15, 0.2) is 36.6 Å². The summed E-state index contributed by atoms with van der Waals surface area (Å²) in [5.41, 5.74) is 2.93. The van der Waals surface area contributed by atoms with E-state index < -0.39 is 0 Å². The molecule has 1 aliphatic rings. The number of hydrogen-bond acceptors (Lipinski definition) is 2. The van der Waals surface area contributed by atoms with Crippen molar-refractivity contribution in [1.29, 1.82) is 0 Å². The van der Waals surface area contributed by atoms with Gasteiger partial charge in [0.05, 0.1) is 12.9 Å². The van der Waals surface area contributed by atoms with Crippen LogP contribution in [-0.4, -0.2) is 18.1 Å². The lowest BCUT2D eigenvalue weighted by atomic mass is 9.87. The van der Waals surface area contributed by atoms with Crippen molar-refractivity contribution in [2.75, 3.05) is 18.1 Å². The monoisotopic (exact) mass is 262 g/mol. The van der Waals surface area contributed by atoms with E-state index in [4.69, 9.17) is 4.74 Å². The second-order valence-electron chi connectivity index (χ2n) is 5.40. The highest BCUT2D eigenvalue weighted by atomic mass is 32.2. The average Bonchev–Trinajstić information content (AvgIpc) is 2.83. The second kappa shape index (κ2) is 6.33. The molecule has 0 aliphatic carbocycles. The van der Waals surface area contributed by atoms with Gasteiger partial charge in [0.25, 0.3) is 0 Å². The van der Waals surface area contributed by atoms with Gasteiger partial charge in [0.1, 0.15) is 0 Å². The first-order chi connectivity index (χ1) is 8.70. The van der Waals surface area contributed by atoms with Crippen molar-refractivity contribution in [1.82, 2.24) is 0 Å². The lowest BCUT2D eigenvalue weighted by Gasteiger charge is -2.21. The molecular formula is C16H22OS. The van der Waals surface area contributed by atoms with Gasteiger partial charge in [-0.3, -0.25) is 0 Å². The number of thioether (sulfide) groups is 1. The molecule has 1 saturated heterocycles. The van der Waals surface area contributed by atoms with Crippen LogP contribution in [0, 0.1) is 5.41 Å². The van der Waals surface area contributed by atoms with Crippen molar-refractivity contribution in [3.05, 3.63) is 42.2 Å². The number of allylic oxidation sites excluding steroid dienone is 1. The van der Waals surface area contributed by atoms with E-state index in [0.29, 0.717) is 5.41 Å². The molecule has 18 heavy (non-hydrogen) atoms. The molecule has 1 aromatic carbocycles. The highest BCUT2D eigenvalue weighted by Crippen LogP contribution is 2.38. The van der Waals surface area contributed by atoms with Crippen LogP contribution in [0.3, 0.4) is 0 Å². The van der Waals surface area contributed by atoms with Crippen molar-refractivity contribution in [2.24, 2.45) is 5.41 Å². The van der Waals surface area contributed by atoms with Gasteiger partial charge < -0.3 is 4.74 Å². The standard InChI is InChI=1S/C16H22OS/c1-14(15-6-4-3-5-7-15)12-17-10-8-16(2)9-11-18-13-16/h3-7,12H,8-11,13H2,1-2H3/b14-12-. The van der Waals surface area contributed by atoms with Gasteiger partial charge in [-0.1, -0.05) is 37.3 Å². The molecule has 1 aromatic rings. The lowest BCUT2D eigenvalue weighted by Crippen LogP contribution is -2.17. The van der Waals surface area contributed by atoms with Crippen LogP contribution in [0.4, 0.5) is 0 Å². The zero-order valence-corrected chi connectivity index (χ0v) is 12.1. The predicted octanol–water partition coefficient (Wildman–Crippen LogP) is 4.60. The van der Waals surface area contributed by atoms with E-state index in [0.717, 1.165) is 6.61 Å². The van der Waals surface area contributed by atoms with Crippen LogP contribution in [0.1, 0.15) is 32.3 Å². The Morgan fingerprint density at radius 1 is 1.39 bits per heavy atom. The Morgan fingerprint density at radius 3 is 2.83 bits per heavy atom. The normalized spacial score (nSPS) is 24.2. The van der Waals surface area contributed by atoms with Crippen LogP contribution in [0.25, 0.3) is 5.57 Å². The number of hydrogen-bond donors (Lipinski definition) is 0. The first-order valence-electron chi connectivity index (χ1n) is 6.61. The van der Waals surface area contributed by atoms with Crippen molar-refractivity contribution < 1.29 is 4.74 Å². The lowest BCUT2D eigenvalue weighted by molar-refractivity contribution is 0.191. The van der Waals surface area contributed by atoms with Crippen molar-refractivity contribution in [3.63, 3.8) is 0 Å². The van der Waals surface area contributed by atoms with Gasteiger partial charge in [0, 0.05) is 0 Å². The summed E-state index contributed by atoms with van der Waals surface area (Å²) in [6.07, 6.45) is 4.40. The summed E-state index contributed by atoms with van der Waals surface area (Å²) in [6.45, 7) is 5.31. The van der Waals surface area contributed by atoms with E-state index in [1.807, 2.05) is 12.3 Å². The molecule has 1 fully saturated rings. The molecule has 0 radical (unpaired) electrons. The van der Waals surface area contributed by atoms with Crippen LogP contribution in [-0.2, 0) is 4.74 Å². The van der Waals surface area contributed by atoms with Crippen molar-refractivity contribution in [3.8, 4) is 0 Å². The molecule has 0 amide bonds. The first kappa shape index (κ1) is 13.5. The Bertz CT molecular complexity index is 391. The zero-order valence-electron chi connectivity index (χ0n) is 11.3. The summed E-state index contributed by atoms with van der Waals surface area (Å²) in [5, 5.41) is 0. The maximum atomic E-state index is 5.71. The summed E-state index contributed by atoms with van der Waals surface area (Å²) in [6, 6.07) is 10.4. The minimum atomic E-state index is 0.499. The van der Waals surface area contributed by atoms with Gasteiger partial charge in [-0.2, -0.15) is 11.8 Å². The van der Waals surface area contributed by atoms with Crippen molar-refractivity contribution in [2.45, 2.75) is 26.7 Å². The van der Waals surface area contributed by atoms with Gasteiger partial charge in [-0.15, -0.1) is 0 Å². The fourth-order valence-electron chi connectivity index (χ4n) is 2.16. The average molecular weight is 262 g/mol. The number of ether oxygens (including phenoxy) is 1. The van der Waals surface area contributed by atoms with Crippen LogP contribution >= 0.6 is 11.8 Å². The minimum absolute atomic E-state index is 0.499. The topological polar surface area (TPSA) is 9.23 Å². The van der Waals surface area contributed by atoms with Crippen molar-refractivity contribution >= 4 is 17.3 Å². The van der Waals surface area contributed by atoms with Gasteiger partial charge in [-0.05, 0) is 47.8 Å². The van der Waals surface area contributed by atoms with E-state index >= 15 is 0 Å². The molecule has 2 heteroatoms. The molecule has 0 spiro atoms. The molecule has 98 valence electrons. The van der Waals surface area contributed by atoms with Gasteiger partial charge in [0.2, 0.25) is 0 Å². The highest BCUT2D eigenvalue weighted by molar-refractivity contribution is 7.99. The molecule has 1 aliphatic heterocycles. The molecule has 1 heterocycles. The molecule has 0 saturated carbocycles. The van der Waals surface area contributed by atoms with E-state index in [2.05, 4.69) is 49.9 Å². The molecule has 0 bridgehead atoms. The van der Waals surface area contributed by atoms with Gasteiger partial charge >= 0.3 is 0 Å². The summed E-state index contributed by atoms with van der Waals surface area (Å²) >= 11 is 2.07. The Morgan fingerprint density at radius 2 is 2.17 bits per heavy atom. The van der Waals surface area contributed by atoms with Gasteiger partial charge in [-0.25, -0.2) is 0 Å². The molecule has 0 aromatic heterocycles. The largest absolute Gasteiger partial charge is 0.501 e. The van der Waals surface area contributed by atoms with E-state index in [-0.39, 0.29) is 0 Å². The maximum absolute atomic E-state index is 5.71. The third-order valence-electron chi connectivity index (χ3n) is 3.61. The van der Waals surface area contributed by atoms with E-state index in [1.165, 1.54) is 35.5 Å². The Labute approximate surface area is 115 Å². The van der Waals surface area contributed by atoms with Crippen LogP contribution in [0.5, 0.6) is 0 Å². The minimum Gasteiger partial charge on any atom is -0.501 e. The Hall–Kier alpha value is -0.890. The van der Waals surface area contributed by atoms with E-state index in [1.54, 1.807) is 0 Å². The van der Waals surface area contributed by atoms with Crippen LogP contribution in [0.2, 0.25) is 0 Å². The quantitative estimate of drug-likeness (QED) is 0.566.